The first kappa shape index (κ1) is 23.5. The van der Waals surface area contributed by atoms with Crippen molar-refractivity contribution in [3.8, 4) is 0 Å². The minimum absolute atomic E-state index is 0.0263. The fraction of sp³-hybridized carbons (Fsp3) is 0.462. The molecule has 3 fully saturated rings. The van der Waals surface area contributed by atoms with E-state index in [0.29, 0.717) is 18.2 Å². The first-order chi connectivity index (χ1) is 18.0. The van der Waals surface area contributed by atoms with E-state index in [1.54, 1.807) is 28.6 Å². The minimum Gasteiger partial charge on any atom is -0.371 e. The van der Waals surface area contributed by atoms with Crippen LogP contribution in [-0.4, -0.2) is 64.3 Å². The molecule has 3 atom stereocenters. The Morgan fingerprint density at radius 3 is 2.51 bits per heavy atom. The SMILES string of the molecule is Cn1ccn([C@@H]2CCCN(c3cnc(C(N)=O)c(Nc4ccc(N5CC6CNCC6C5)cc4)n3)C2)c1=O. The van der Waals surface area contributed by atoms with E-state index in [-0.39, 0.29) is 17.4 Å². The molecule has 0 aliphatic carbocycles. The summed E-state index contributed by atoms with van der Waals surface area (Å²) in [5.41, 5.74) is 7.70. The lowest BCUT2D eigenvalue weighted by Crippen LogP contribution is -2.40. The predicted octanol–water partition coefficient (Wildman–Crippen LogP) is 1.32. The molecule has 3 aromatic rings. The number of primary amides is 1. The summed E-state index contributed by atoms with van der Waals surface area (Å²) >= 11 is 0. The van der Waals surface area contributed by atoms with Crippen molar-refractivity contribution in [2.45, 2.75) is 18.9 Å². The number of amides is 1. The van der Waals surface area contributed by atoms with Gasteiger partial charge in [0.2, 0.25) is 0 Å². The van der Waals surface area contributed by atoms with Gasteiger partial charge in [0, 0.05) is 70.1 Å². The number of nitrogens with zero attached hydrogens (tertiary/aromatic N) is 6. The second-order valence-corrected chi connectivity index (χ2v) is 10.4. The van der Waals surface area contributed by atoms with E-state index >= 15 is 0 Å². The van der Waals surface area contributed by atoms with Crippen molar-refractivity contribution in [2.75, 3.05) is 54.4 Å². The zero-order valence-electron chi connectivity index (χ0n) is 21.0. The maximum absolute atomic E-state index is 12.5. The molecule has 1 amide bonds. The highest BCUT2D eigenvalue weighted by Gasteiger charge is 2.36. The van der Waals surface area contributed by atoms with Gasteiger partial charge in [-0.3, -0.25) is 9.36 Å². The molecule has 0 bridgehead atoms. The molecule has 6 rings (SSSR count). The summed E-state index contributed by atoms with van der Waals surface area (Å²) in [5, 5.41) is 6.74. The number of imidazole rings is 1. The quantitative estimate of drug-likeness (QED) is 0.460. The second-order valence-electron chi connectivity index (χ2n) is 10.4. The van der Waals surface area contributed by atoms with Crippen LogP contribution in [0.5, 0.6) is 0 Å². The molecule has 11 nitrogen and oxygen atoms in total. The fourth-order valence-corrected chi connectivity index (χ4v) is 5.91. The van der Waals surface area contributed by atoms with E-state index in [0.717, 1.165) is 63.1 Å². The number of piperidine rings is 1. The van der Waals surface area contributed by atoms with Crippen LogP contribution in [0.4, 0.5) is 23.0 Å². The Kier molecular flexibility index (Phi) is 6.07. The third-order valence-electron chi connectivity index (χ3n) is 7.97. The normalized spacial score (nSPS) is 23.3. The highest BCUT2D eigenvalue weighted by Crippen LogP contribution is 2.32. The van der Waals surface area contributed by atoms with E-state index in [4.69, 9.17) is 10.7 Å². The van der Waals surface area contributed by atoms with Gasteiger partial charge >= 0.3 is 5.69 Å². The molecule has 3 aliphatic heterocycles. The van der Waals surface area contributed by atoms with Gasteiger partial charge in [0.05, 0.1) is 12.2 Å². The predicted molar refractivity (Wildman–Crippen MR) is 142 cm³/mol. The number of nitrogens with one attached hydrogen (secondary N) is 2. The Balaban J connectivity index is 1.20. The van der Waals surface area contributed by atoms with Crippen molar-refractivity contribution < 1.29 is 4.79 Å². The van der Waals surface area contributed by atoms with Crippen LogP contribution >= 0.6 is 0 Å². The number of fused-ring (bicyclic) bond motifs is 1. The van der Waals surface area contributed by atoms with E-state index < -0.39 is 5.91 Å². The van der Waals surface area contributed by atoms with Gasteiger partial charge in [-0.05, 0) is 48.9 Å². The maximum atomic E-state index is 12.5. The van der Waals surface area contributed by atoms with E-state index in [2.05, 4.69) is 37.6 Å². The molecule has 2 unspecified atom stereocenters. The zero-order chi connectivity index (χ0) is 25.5. The van der Waals surface area contributed by atoms with Crippen LogP contribution in [0.3, 0.4) is 0 Å². The Bertz CT molecular complexity index is 1340. The summed E-state index contributed by atoms with van der Waals surface area (Å²) < 4.78 is 3.36. The molecule has 3 aliphatic rings. The van der Waals surface area contributed by atoms with E-state index in [1.165, 1.54) is 5.69 Å². The number of rotatable bonds is 6. The highest BCUT2D eigenvalue weighted by atomic mass is 16.2. The van der Waals surface area contributed by atoms with E-state index in [9.17, 15) is 9.59 Å². The summed E-state index contributed by atoms with van der Waals surface area (Å²) in [6, 6.07) is 8.25. The molecule has 0 radical (unpaired) electrons. The molecule has 11 heteroatoms. The molecule has 194 valence electrons. The molecular formula is C26H33N9O2. The van der Waals surface area contributed by atoms with Gasteiger partial charge in [0.15, 0.2) is 11.5 Å². The van der Waals surface area contributed by atoms with Gasteiger partial charge in [0.1, 0.15) is 5.82 Å². The molecular weight excluding hydrogens is 470 g/mol. The van der Waals surface area contributed by atoms with Gasteiger partial charge < -0.3 is 30.7 Å². The molecule has 4 N–H and O–H groups in total. The van der Waals surface area contributed by atoms with Crippen molar-refractivity contribution in [2.24, 2.45) is 24.6 Å². The van der Waals surface area contributed by atoms with Crippen LogP contribution in [-0.2, 0) is 7.05 Å². The lowest BCUT2D eigenvalue weighted by Gasteiger charge is -2.33. The lowest BCUT2D eigenvalue weighted by atomic mass is 10.0. The molecule has 5 heterocycles. The molecule has 0 spiro atoms. The average molecular weight is 504 g/mol. The first-order valence-electron chi connectivity index (χ1n) is 12.9. The maximum Gasteiger partial charge on any atom is 0.328 e. The third kappa shape index (κ3) is 4.55. The molecule has 3 saturated heterocycles. The Morgan fingerprint density at radius 1 is 1.08 bits per heavy atom. The van der Waals surface area contributed by atoms with Crippen molar-refractivity contribution in [1.29, 1.82) is 0 Å². The van der Waals surface area contributed by atoms with Crippen LogP contribution < -0.4 is 31.9 Å². The van der Waals surface area contributed by atoms with Gasteiger partial charge in [-0.15, -0.1) is 0 Å². The molecule has 0 saturated carbocycles. The summed E-state index contributed by atoms with van der Waals surface area (Å²) in [7, 11) is 1.76. The molecule has 1 aromatic carbocycles. The topological polar surface area (TPSA) is 126 Å². The first-order valence-corrected chi connectivity index (χ1v) is 12.9. The number of nitrogens with two attached hydrogens (primary N) is 1. The van der Waals surface area contributed by atoms with Crippen molar-refractivity contribution in [3.63, 3.8) is 0 Å². The van der Waals surface area contributed by atoms with Crippen molar-refractivity contribution in [3.05, 3.63) is 59.0 Å². The summed E-state index contributed by atoms with van der Waals surface area (Å²) in [6.45, 7) is 5.79. The standard InChI is InChI=1S/C26H33N9O2/c1-32-9-10-35(26(32)37)21-3-2-8-33(16-21)22-13-29-23(24(27)36)25(31-22)30-19-4-6-20(7-5-19)34-14-17-11-28-12-18(17)15-34/h4-7,9-10,13,17-18,21,28H,2-3,8,11-12,14-16H2,1H3,(H2,27,36)(H,30,31)/t17?,18?,21-/m1/s1. The Labute approximate surface area is 215 Å². The number of carbonyl (C=O) groups is 1. The van der Waals surface area contributed by atoms with Crippen LogP contribution in [0.2, 0.25) is 0 Å². The third-order valence-corrected chi connectivity index (χ3v) is 7.97. The monoisotopic (exact) mass is 503 g/mol. The van der Waals surface area contributed by atoms with Crippen LogP contribution in [0.1, 0.15) is 29.4 Å². The number of carbonyl (C=O) groups excluding carboxylic acids is 1. The van der Waals surface area contributed by atoms with E-state index in [1.807, 2.05) is 18.3 Å². The lowest BCUT2D eigenvalue weighted by molar-refractivity contribution is 0.0996. The second kappa shape index (κ2) is 9.55. The number of aromatic nitrogens is 4. The number of hydrogen-bond acceptors (Lipinski definition) is 8. The highest BCUT2D eigenvalue weighted by molar-refractivity contribution is 5.96. The number of anilines is 4. The van der Waals surface area contributed by atoms with Gasteiger partial charge in [-0.2, -0.15) is 0 Å². The number of aryl methyl sites for hydroxylation is 1. The number of hydrogen-bond donors (Lipinski definition) is 3. The summed E-state index contributed by atoms with van der Waals surface area (Å²) in [5.74, 6) is 1.80. The Hall–Kier alpha value is -3.86. The smallest absolute Gasteiger partial charge is 0.328 e. The zero-order valence-corrected chi connectivity index (χ0v) is 21.0. The average Bonchev–Trinajstić information content (AvgIpc) is 3.60. The Morgan fingerprint density at radius 2 is 1.84 bits per heavy atom. The minimum atomic E-state index is -0.636. The summed E-state index contributed by atoms with van der Waals surface area (Å²) in [4.78, 5) is 38.2. The van der Waals surface area contributed by atoms with Crippen molar-refractivity contribution >= 4 is 28.9 Å². The van der Waals surface area contributed by atoms with Gasteiger partial charge in [0.25, 0.3) is 5.91 Å². The fourth-order valence-electron chi connectivity index (χ4n) is 5.91. The number of benzene rings is 1. The van der Waals surface area contributed by atoms with Crippen molar-refractivity contribution in [1.82, 2.24) is 24.4 Å². The molecule has 2 aromatic heterocycles. The molecule has 37 heavy (non-hydrogen) atoms. The van der Waals surface area contributed by atoms with Gasteiger partial charge in [-0.1, -0.05) is 0 Å². The summed E-state index contributed by atoms with van der Waals surface area (Å²) in [6.07, 6.45) is 7.04. The van der Waals surface area contributed by atoms with Crippen LogP contribution in [0, 0.1) is 11.8 Å². The van der Waals surface area contributed by atoms with Crippen LogP contribution in [0.15, 0.2) is 47.7 Å². The largest absolute Gasteiger partial charge is 0.371 e. The van der Waals surface area contributed by atoms with Crippen LogP contribution in [0.25, 0.3) is 0 Å². The van der Waals surface area contributed by atoms with Gasteiger partial charge in [-0.25, -0.2) is 14.8 Å².